The van der Waals surface area contributed by atoms with Crippen molar-refractivity contribution >= 4 is 15.7 Å². The first kappa shape index (κ1) is 15.9. The lowest BCUT2D eigenvalue weighted by molar-refractivity contribution is -0.387. The van der Waals surface area contributed by atoms with Crippen molar-refractivity contribution in [2.24, 2.45) is 11.7 Å². The van der Waals surface area contributed by atoms with E-state index in [-0.39, 0.29) is 23.4 Å². The first-order chi connectivity index (χ1) is 9.92. The normalized spacial score (nSPS) is 22.9. The lowest BCUT2D eigenvalue weighted by atomic mass is 9.85. The smallest absolute Gasteiger partial charge is 0.289 e. The second-order valence-electron chi connectivity index (χ2n) is 5.29. The van der Waals surface area contributed by atoms with E-state index < -0.39 is 20.6 Å². The molecule has 116 valence electrons. The van der Waals surface area contributed by atoms with Crippen molar-refractivity contribution in [3.05, 3.63) is 34.4 Å². The summed E-state index contributed by atoms with van der Waals surface area (Å²) in [7, 11) is -3.91. The molecule has 1 aliphatic rings. The van der Waals surface area contributed by atoms with Crippen molar-refractivity contribution in [3.63, 3.8) is 0 Å². The molecule has 0 bridgehead atoms. The molecule has 0 spiro atoms. The summed E-state index contributed by atoms with van der Waals surface area (Å²) in [5.74, 6) is 0.0799. The molecule has 0 saturated heterocycles. The minimum Gasteiger partial charge on any atom is -0.327 e. The summed E-state index contributed by atoms with van der Waals surface area (Å²) >= 11 is 0. The Bertz CT molecular complexity index is 618. The number of nitrogens with two attached hydrogens (primary N) is 1. The summed E-state index contributed by atoms with van der Waals surface area (Å²) in [6.45, 7) is 0.218. The zero-order valence-electron chi connectivity index (χ0n) is 11.6. The number of benzene rings is 1. The van der Waals surface area contributed by atoms with Crippen LogP contribution in [0.3, 0.4) is 0 Å². The highest BCUT2D eigenvalue weighted by molar-refractivity contribution is 7.89. The van der Waals surface area contributed by atoms with E-state index in [1.165, 1.54) is 24.3 Å². The number of rotatable bonds is 5. The van der Waals surface area contributed by atoms with Gasteiger partial charge in [-0.1, -0.05) is 25.0 Å². The number of sulfonamides is 1. The minimum absolute atomic E-state index is 0.0211. The van der Waals surface area contributed by atoms with E-state index in [9.17, 15) is 18.5 Å². The summed E-state index contributed by atoms with van der Waals surface area (Å²) in [6, 6.07) is 5.30. The molecule has 1 aliphatic carbocycles. The second-order valence-corrected chi connectivity index (χ2v) is 7.02. The molecule has 0 aromatic heterocycles. The van der Waals surface area contributed by atoms with Crippen molar-refractivity contribution in [1.82, 2.24) is 4.72 Å². The quantitative estimate of drug-likeness (QED) is 0.629. The first-order valence-corrected chi connectivity index (χ1v) is 8.39. The summed E-state index contributed by atoms with van der Waals surface area (Å²) < 4.78 is 27.0. The number of para-hydroxylation sites is 1. The fourth-order valence-electron chi connectivity index (χ4n) is 2.62. The van der Waals surface area contributed by atoms with E-state index in [2.05, 4.69) is 4.72 Å². The number of nitro groups is 1. The summed E-state index contributed by atoms with van der Waals surface area (Å²) in [6.07, 6.45) is 3.86. The topological polar surface area (TPSA) is 115 Å². The number of nitrogens with one attached hydrogen (secondary N) is 1. The van der Waals surface area contributed by atoms with E-state index in [0.717, 1.165) is 25.7 Å². The molecule has 0 amide bonds. The Morgan fingerprint density at radius 1 is 1.29 bits per heavy atom. The van der Waals surface area contributed by atoms with Crippen LogP contribution in [0.15, 0.2) is 29.2 Å². The Morgan fingerprint density at radius 2 is 1.95 bits per heavy atom. The SMILES string of the molecule is NC1CCCCC1CNS(=O)(=O)c1ccccc1[N+](=O)[O-]. The van der Waals surface area contributed by atoms with Crippen LogP contribution in [0, 0.1) is 16.0 Å². The van der Waals surface area contributed by atoms with Gasteiger partial charge in [-0.25, -0.2) is 13.1 Å². The van der Waals surface area contributed by atoms with Gasteiger partial charge in [-0.2, -0.15) is 0 Å². The Kier molecular flexibility index (Phi) is 4.92. The largest absolute Gasteiger partial charge is 0.327 e. The highest BCUT2D eigenvalue weighted by Crippen LogP contribution is 2.25. The summed E-state index contributed by atoms with van der Waals surface area (Å²) in [5, 5.41) is 10.9. The van der Waals surface area contributed by atoms with Crippen LogP contribution in [-0.2, 0) is 10.0 Å². The maximum absolute atomic E-state index is 12.3. The average Bonchev–Trinajstić information content (AvgIpc) is 2.46. The summed E-state index contributed by atoms with van der Waals surface area (Å²) in [4.78, 5) is 9.92. The third-order valence-electron chi connectivity index (χ3n) is 3.85. The molecule has 1 saturated carbocycles. The fraction of sp³-hybridized carbons (Fsp3) is 0.538. The van der Waals surface area contributed by atoms with Gasteiger partial charge < -0.3 is 5.73 Å². The lowest BCUT2D eigenvalue weighted by Crippen LogP contribution is -2.41. The zero-order valence-corrected chi connectivity index (χ0v) is 12.4. The fourth-order valence-corrected chi connectivity index (χ4v) is 3.88. The molecule has 21 heavy (non-hydrogen) atoms. The van der Waals surface area contributed by atoms with Crippen LogP contribution in [0.5, 0.6) is 0 Å². The molecule has 0 radical (unpaired) electrons. The monoisotopic (exact) mass is 313 g/mol. The van der Waals surface area contributed by atoms with Crippen molar-refractivity contribution in [1.29, 1.82) is 0 Å². The van der Waals surface area contributed by atoms with Crippen LogP contribution < -0.4 is 10.5 Å². The predicted molar refractivity (Wildman–Crippen MR) is 78.2 cm³/mol. The maximum Gasteiger partial charge on any atom is 0.289 e. The van der Waals surface area contributed by atoms with Crippen LogP contribution >= 0.6 is 0 Å². The molecule has 2 rings (SSSR count). The van der Waals surface area contributed by atoms with Gasteiger partial charge in [-0.3, -0.25) is 10.1 Å². The van der Waals surface area contributed by atoms with Gasteiger partial charge in [-0.05, 0) is 24.8 Å². The van der Waals surface area contributed by atoms with Crippen LogP contribution in [0.4, 0.5) is 5.69 Å². The van der Waals surface area contributed by atoms with Gasteiger partial charge in [0.1, 0.15) is 0 Å². The molecule has 2 unspecified atom stereocenters. The molecule has 0 heterocycles. The van der Waals surface area contributed by atoms with Crippen LogP contribution in [0.1, 0.15) is 25.7 Å². The Morgan fingerprint density at radius 3 is 2.62 bits per heavy atom. The van der Waals surface area contributed by atoms with Gasteiger partial charge in [0, 0.05) is 18.7 Å². The zero-order chi connectivity index (χ0) is 15.5. The predicted octanol–water partition coefficient (Wildman–Crippen LogP) is 1.39. The third-order valence-corrected chi connectivity index (χ3v) is 5.33. The highest BCUT2D eigenvalue weighted by atomic mass is 32.2. The Balaban J connectivity index is 2.13. The molecule has 7 nitrogen and oxygen atoms in total. The van der Waals surface area contributed by atoms with Gasteiger partial charge >= 0.3 is 0 Å². The summed E-state index contributed by atoms with van der Waals surface area (Å²) in [5.41, 5.74) is 5.56. The van der Waals surface area contributed by atoms with E-state index in [1.807, 2.05) is 0 Å². The number of nitro benzene ring substituents is 1. The lowest BCUT2D eigenvalue weighted by Gasteiger charge is -2.28. The van der Waals surface area contributed by atoms with Crippen LogP contribution in [-0.4, -0.2) is 25.9 Å². The molecular weight excluding hydrogens is 294 g/mol. The van der Waals surface area contributed by atoms with Gasteiger partial charge in [0.2, 0.25) is 10.0 Å². The molecule has 0 aliphatic heterocycles. The first-order valence-electron chi connectivity index (χ1n) is 6.90. The number of hydrogen-bond acceptors (Lipinski definition) is 5. The molecule has 1 aromatic rings. The molecule has 3 N–H and O–H groups in total. The van der Waals surface area contributed by atoms with Crippen molar-refractivity contribution in [2.75, 3.05) is 6.54 Å². The average molecular weight is 313 g/mol. The van der Waals surface area contributed by atoms with E-state index in [0.29, 0.717) is 0 Å². The van der Waals surface area contributed by atoms with Gasteiger partial charge in [0.05, 0.1) is 4.92 Å². The van der Waals surface area contributed by atoms with Crippen molar-refractivity contribution < 1.29 is 13.3 Å². The van der Waals surface area contributed by atoms with Gasteiger partial charge in [-0.15, -0.1) is 0 Å². The molecule has 8 heteroatoms. The number of nitrogens with zero attached hydrogens (tertiary/aromatic N) is 1. The molecule has 2 atom stereocenters. The van der Waals surface area contributed by atoms with Crippen LogP contribution in [0.2, 0.25) is 0 Å². The maximum atomic E-state index is 12.3. The third kappa shape index (κ3) is 3.78. The van der Waals surface area contributed by atoms with E-state index in [4.69, 9.17) is 5.73 Å². The van der Waals surface area contributed by atoms with Crippen LogP contribution in [0.25, 0.3) is 0 Å². The molecule has 1 fully saturated rings. The Labute approximate surface area is 123 Å². The minimum atomic E-state index is -3.91. The second kappa shape index (κ2) is 6.50. The van der Waals surface area contributed by atoms with Crippen molar-refractivity contribution in [3.8, 4) is 0 Å². The molecular formula is C13H19N3O4S. The van der Waals surface area contributed by atoms with E-state index in [1.54, 1.807) is 0 Å². The van der Waals surface area contributed by atoms with Gasteiger partial charge in [0.25, 0.3) is 5.69 Å². The Hall–Kier alpha value is -1.51. The standard InChI is InChI=1S/C13H19N3O4S/c14-11-6-2-1-5-10(11)9-15-21(19,20)13-8-4-3-7-12(13)16(17)18/h3-4,7-8,10-11,15H,1-2,5-6,9,14H2. The van der Waals surface area contributed by atoms with Crippen molar-refractivity contribution in [2.45, 2.75) is 36.6 Å². The van der Waals surface area contributed by atoms with E-state index >= 15 is 0 Å². The highest BCUT2D eigenvalue weighted by Gasteiger charge is 2.28. The molecule has 1 aromatic carbocycles. The van der Waals surface area contributed by atoms with Gasteiger partial charge in [0.15, 0.2) is 4.90 Å². The number of hydrogen-bond donors (Lipinski definition) is 2.